The number of rotatable bonds is 4. The zero-order chi connectivity index (χ0) is 15.6. The highest BCUT2D eigenvalue weighted by Gasteiger charge is 2.18. The Labute approximate surface area is 133 Å². The zero-order valence-electron chi connectivity index (χ0n) is 10.8. The maximum absolute atomic E-state index is 11.4. The molecule has 0 saturated carbocycles. The first-order valence-corrected chi connectivity index (χ1v) is 6.98. The van der Waals surface area contributed by atoms with E-state index in [-0.39, 0.29) is 22.8 Å². The van der Waals surface area contributed by atoms with Crippen molar-refractivity contribution in [3.63, 3.8) is 0 Å². The van der Waals surface area contributed by atoms with Crippen LogP contribution in [0.25, 0.3) is 0 Å². The summed E-state index contributed by atoms with van der Waals surface area (Å²) >= 11 is 9.12. The standard InChI is InChI=1S/C14H9BrClNO4/c1-8(18)11-4-3-10(7-13(11)17(19)20)21-14-5-2-9(16)6-12(14)15/h2-7H,1H3. The van der Waals surface area contributed by atoms with Crippen molar-refractivity contribution in [2.45, 2.75) is 6.92 Å². The highest BCUT2D eigenvalue weighted by Crippen LogP contribution is 2.34. The van der Waals surface area contributed by atoms with Crippen molar-refractivity contribution >= 4 is 39.0 Å². The van der Waals surface area contributed by atoms with Gasteiger partial charge in [0.15, 0.2) is 5.78 Å². The average Bonchev–Trinajstić information content (AvgIpc) is 2.41. The van der Waals surface area contributed by atoms with Crippen molar-refractivity contribution in [3.05, 3.63) is 61.6 Å². The molecule has 7 heteroatoms. The van der Waals surface area contributed by atoms with Crippen LogP contribution in [0.5, 0.6) is 11.5 Å². The minimum Gasteiger partial charge on any atom is -0.456 e. The molecule has 5 nitrogen and oxygen atoms in total. The Bertz CT molecular complexity index is 733. The number of halogens is 2. The number of hydrogen-bond acceptors (Lipinski definition) is 4. The molecule has 0 radical (unpaired) electrons. The first kappa shape index (κ1) is 15.5. The third-order valence-electron chi connectivity index (χ3n) is 2.67. The number of Topliss-reactive ketones (excluding diaryl/α,β-unsaturated/α-hetero) is 1. The first-order chi connectivity index (χ1) is 9.88. The minimum atomic E-state index is -0.611. The summed E-state index contributed by atoms with van der Waals surface area (Å²) in [6.45, 7) is 1.28. The van der Waals surface area contributed by atoms with Crippen molar-refractivity contribution in [2.24, 2.45) is 0 Å². The van der Waals surface area contributed by atoms with Gasteiger partial charge in [-0.2, -0.15) is 0 Å². The van der Waals surface area contributed by atoms with E-state index >= 15 is 0 Å². The van der Waals surface area contributed by atoms with E-state index in [0.717, 1.165) is 0 Å². The van der Waals surface area contributed by atoms with Gasteiger partial charge in [-0.1, -0.05) is 11.6 Å². The smallest absolute Gasteiger partial charge is 0.283 e. The predicted octanol–water partition coefficient (Wildman–Crippen LogP) is 5.01. The Morgan fingerprint density at radius 2 is 2.00 bits per heavy atom. The molecular weight excluding hydrogens is 362 g/mol. The van der Waals surface area contributed by atoms with Gasteiger partial charge in [0.2, 0.25) is 0 Å². The van der Waals surface area contributed by atoms with Crippen molar-refractivity contribution in [1.82, 2.24) is 0 Å². The molecule has 0 heterocycles. The minimum absolute atomic E-state index is 0.0440. The highest BCUT2D eigenvalue weighted by molar-refractivity contribution is 9.10. The number of nitrogens with zero attached hydrogens (tertiary/aromatic N) is 1. The molecule has 2 rings (SSSR count). The molecule has 0 fully saturated rings. The van der Waals surface area contributed by atoms with E-state index in [1.807, 2.05) is 0 Å². The third kappa shape index (κ3) is 3.59. The summed E-state index contributed by atoms with van der Waals surface area (Å²) in [4.78, 5) is 21.8. The fourth-order valence-corrected chi connectivity index (χ4v) is 2.47. The summed E-state index contributed by atoms with van der Waals surface area (Å²) in [5, 5.41) is 11.5. The largest absolute Gasteiger partial charge is 0.456 e. The Hall–Kier alpha value is -1.92. The summed E-state index contributed by atoms with van der Waals surface area (Å²) in [7, 11) is 0. The van der Waals surface area contributed by atoms with Gasteiger partial charge in [0.25, 0.3) is 5.69 Å². The molecule has 0 aliphatic heterocycles. The maximum Gasteiger partial charge on any atom is 0.283 e. The van der Waals surface area contributed by atoms with Crippen LogP contribution in [0.4, 0.5) is 5.69 Å². The van der Waals surface area contributed by atoms with Crippen molar-refractivity contribution in [1.29, 1.82) is 0 Å². The molecular formula is C14H9BrClNO4. The van der Waals surface area contributed by atoms with Crippen molar-refractivity contribution in [3.8, 4) is 11.5 Å². The Morgan fingerprint density at radius 1 is 1.29 bits per heavy atom. The molecule has 108 valence electrons. The summed E-state index contributed by atoms with van der Waals surface area (Å²) in [6, 6.07) is 9.02. The van der Waals surface area contributed by atoms with Crippen LogP contribution in [0.3, 0.4) is 0 Å². The molecule has 2 aromatic rings. The summed E-state index contributed by atoms with van der Waals surface area (Å²) in [6.07, 6.45) is 0. The number of nitro groups is 1. The van der Waals surface area contributed by atoms with Gasteiger partial charge in [-0.15, -0.1) is 0 Å². The topological polar surface area (TPSA) is 69.4 Å². The Kier molecular flexibility index (Phi) is 4.59. The lowest BCUT2D eigenvalue weighted by molar-refractivity contribution is -0.385. The number of ketones is 1. The second kappa shape index (κ2) is 6.24. The maximum atomic E-state index is 11.4. The number of ether oxygens (including phenoxy) is 1. The molecule has 0 aromatic heterocycles. The van der Waals surface area contributed by atoms with Gasteiger partial charge in [-0.3, -0.25) is 14.9 Å². The fourth-order valence-electron chi connectivity index (χ4n) is 1.71. The molecule has 2 aromatic carbocycles. The van der Waals surface area contributed by atoms with Crippen LogP contribution >= 0.6 is 27.5 Å². The molecule has 0 spiro atoms. The van der Waals surface area contributed by atoms with Gasteiger partial charge in [-0.05, 0) is 53.2 Å². The van der Waals surface area contributed by atoms with Crippen molar-refractivity contribution in [2.75, 3.05) is 0 Å². The van der Waals surface area contributed by atoms with Gasteiger partial charge in [0.1, 0.15) is 11.5 Å². The summed E-state index contributed by atoms with van der Waals surface area (Å²) in [5.74, 6) is 0.347. The van der Waals surface area contributed by atoms with Crippen LogP contribution in [-0.4, -0.2) is 10.7 Å². The van der Waals surface area contributed by atoms with Gasteiger partial charge in [0, 0.05) is 5.02 Å². The SMILES string of the molecule is CC(=O)c1ccc(Oc2ccc(Cl)cc2Br)cc1[N+](=O)[O-]. The van der Waals surface area contributed by atoms with Crippen LogP contribution in [0, 0.1) is 10.1 Å². The van der Waals surface area contributed by atoms with E-state index in [1.165, 1.54) is 25.1 Å². The number of nitro benzene ring substituents is 1. The lowest BCUT2D eigenvalue weighted by Gasteiger charge is -2.08. The summed E-state index contributed by atoms with van der Waals surface area (Å²) in [5.41, 5.74) is -0.243. The monoisotopic (exact) mass is 369 g/mol. The van der Waals surface area contributed by atoms with Crippen molar-refractivity contribution < 1.29 is 14.5 Å². The highest BCUT2D eigenvalue weighted by atomic mass is 79.9. The molecule has 0 amide bonds. The number of carbonyl (C=O) groups is 1. The summed E-state index contributed by atoms with van der Waals surface area (Å²) < 4.78 is 6.19. The second-order valence-electron chi connectivity index (χ2n) is 4.17. The van der Waals surface area contributed by atoms with E-state index in [9.17, 15) is 14.9 Å². The lowest BCUT2D eigenvalue weighted by atomic mass is 10.1. The van der Waals surface area contributed by atoms with E-state index < -0.39 is 4.92 Å². The van der Waals surface area contributed by atoms with E-state index in [0.29, 0.717) is 15.2 Å². The first-order valence-electron chi connectivity index (χ1n) is 5.81. The molecule has 0 unspecified atom stereocenters. The number of benzene rings is 2. The van der Waals surface area contributed by atoms with E-state index in [1.54, 1.807) is 18.2 Å². The Morgan fingerprint density at radius 3 is 2.57 bits per heavy atom. The predicted molar refractivity (Wildman–Crippen MR) is 82.3 cm³/mol. The molecule has 0 bridgehead atoms. The molecule has 0 aliphatic carbocycles. The molecule has 0 aliphatic rings. The van der Waals surface area contributed by atoms with Gasteiger partial charge in [0.05, 0.1) is 21.0 Å². The quantitative estimate of drug-likeness (QED) is 0.431. The van der Waals surface area contributed by atoms with Crippen LogP contribution < -0.4 is 4.74 Å². The van der Waals surface area contributed by atoms with Crippen LogP contribution in [0.15, 0.2) is 40.9 Å². The van der Waals surface area contributed by atoms with E-state index in [2.05, 4.69) is 15.9 Å². The molecule has 21 heavy (non-hydrogen) atoms. The van der Waals surface area contributed by atoms with Crippen LogP contribution in [0.1, 0.15) is 17.3 Å². The molecule has 0 N–H and O–H groups in total. The molecule has 0 saturated heterocycles. The van der Waals surface area contributed by atoms with Gasteiger partial charge < -0.3 is 4.74 Å². The zero-order valence-corrected chi connectivity index (χ0v) is 13.1. The second-order valence-corrected chi connectivity index (χ2v) is 5.46. The van der Waals surface area contributed by atoms with Gasteiger partial charge in [-0.25, -0.2) is 0 Å². The number of hydrogen-bond donors (Lipinski definition) is 0. The third-order valence-corrected chi connectivity index (χ3v) is 3.52. The fraction of sp³-hybridized carbons (Fsp3) is 0.0714. The molecule has 0 atom stereocenters. The van der Waals surface area contributed by atoms with Crippen LogP contribution in [0.2, 0.25) is 5.02 Å². The Balaban J connectivity index is 2.39. The van der Waals surface area contributed by atoms with Gasteiger partial charge >= 0.3 is 0 Å². The average molecular weight is 371 g/mol. The van der Waals surface area contributed by atoms with E-state index in [4.69, 9.17) is 16.3 Å². The lowest BCUT2D eigenvalue weighted by Crippen LogP contribution is -2.00. The normalized spacial score (nSPS) is 10.2. The van der Waals surface area contributed by atoms with Crippen LogP contribution in [-0.2, 0) is 0 Å². The number of carbonyl (C=O) groups excluding carboxylic acids is 1.